The summed E-state index contributed by atoms with van der Waals surface area (Å²) in [5.41, 5.74) is 1.96. The van der Waals surface area contributed by atoms with Gasteiger partial charge in [0.05, 0.1) is 24.4 Å². The number of carbonyl (C=O) groups is 1. The van der Waals surface area contributed by atoms with Gasteiger partial charge in [0.2, 0.25) is 0 Å². The molecule has 206 valence electrons. The zero-order valence-electron chi connectivity index (χ0n) is 26.0. The van der Waals surface area contributed by atoms with Crippen molar-refractivity contribution in [1.82, 2.24) is 0 Å². The average molecular weight is 495 g/mol. The van der Waals surface area contributed by atoms with Crippen molar-refractivity contribution in [3.63, 3.8) is 0 Å². The molecule has 0 spiro atoms. The maximum atomic E-state index is 11.1. The van der Waals surface area contributed by atoms with Gasteiger partial charge < -0.3 is 14.2 Å². The number of hydrogen-bond acceptors (Lipinski definition) is 4. The van der Waals surface area contributed by atoms with Crippen molar-refractivity contribution in [1.29, 1.82) is 0 Å². The van der Waals surface area contributed by atoms with Crippen LogP contribution < -0.4 is 0 Å². The molecule has 0 radical (unpaired) electrons. The highest BCUT2D eigenvalue weighted by atomic mass is 16.6. The van der Waals surface area contributed by atoms with Crippen molar-refractivity contribution in [3.8, 4) is 0 Å². The van der Waals surface area contributed by atoms with E-state index < -0.39 is 0 Å². The van der Waals surface area contributed by atoms with Crippen molar-refractivity contribution in [2.75, 3.05) is 0 Å². The Kier molecular flexibility index (Phi) is 9.97. The SMILES string of the molecule is CC(C)(C)C1CCC(C(C)(C)C)O1.CC(C)(C)C1OC1C(C)(C)C.C[C@H]1C=C(C(C)(C)C)C(=O)O1. The van der Waals surface area contributed by atoms with Crippen LogP contribution in [0.5, 0.6) is 0 Å². The lowest BCUT2D eigenvalue weighted by molar-refractivity contribution is -0.139. The molecule has 4 unspecified atom stereocenters. The fraction of sp³-hybridized carbons (Fsp3) is 0.903. The summed E-state index contributed by atoms with van der Waals surface area (Å²) in [5, 5.41) is 0. The van der Waals surface area contributed by atoms with E-state index in [9.17, 15) is 4.79 Å². The smallest absolute Gasteiger partial charge is 0.334 e. The molecule has 0 amide bonds. The number of hydrogen-bond donors (Lipinski definition) is 0. The van der Waals surface area contributed by atoms with Gasteiger partial charge in [-0.25, -0.2) is 4.79 Å². The van der Waals surface area contributed by atoms with Gasteiger partial charge in [0, 0.05) is 5.57 Å². The molecule has 0 saturated carbocycles. The molecule has 3 aliphatic rings. The first kappa shape index (κ1) is 32.2. The minimum Gasteiger partial charge on any atom is -0.455 e. The lowest BCUT2D eigenvalue weighted by atomic mass is 9.81. The summed E-state index contributed by atoms with van der Waals surface area (Å²) in [7, 11) is 0. The van der Waals surface area contributed by atoms with Crippen LogP contribution >= 0.6 is 0 Å². The van der Waals surface area contributed by atoms with Crippen molar-refractivity contribution in [3.05, 3.63) is 11.6 Å². The summed E-state index contributed by atoms with van der Waals surface area (Å²) in [4.78, 5) is 11.1. The Hall–Kier alpha value is -0.870. The lowest BCUT2D eigenvalue weighted by Crippen LogP contribution is -2.31. The Labute approximate surface area is 217 Å². The monoisotopic (exact) mass is 494 g/mol. The zero-order chi connectivity index (χ0) is 27.8. The molecule has 35 heavy (non-hydrogen) atoms. The molecule has 3 heterocycles. The van der Waals surface area contributed by atoms with Gasteiger partial charge in [-0.2, -0.15) is 0 Å². The van der Waals surface area contributed by atoms with Crippen LogP contribution in [-0.4, -0.2) is 36.5 Å². The quantitative estimate of drug-likeness (QED) is 0.251. The normalized spacial score (nSPS) is 29.4. The summed E-state index contributed by atoms with van der Waals surface area (Å²) in [6.07, 6.45) is 6.16. The van der Waals surface area contributed by atoms with E-state index in [-0.39, 0.29) is 17.5 Å². The number of ether oxygens (including phenoxy) is 3. The number of cyclic esters (lactones) is 1. The van der Waals surface area contributed by atoms with Crippen molar-refractivity contribution in [2.45, 2.75) is 154 Å². The third-order valence-corrected chi connectivity index (χ3v) is 6.87. The molecule has 0 aromatic heterocycles. The van der Waals surface area contributed by atoms with Crippen LogP contribution in [0.4, 0.5) is 0 Å². The first-order valence-electron chi connectivity index (χ1n) is 13.6. The number of esters is 1. The molecule has 4 heteroatoms. The van der Waals surface area contributed by atoms with E-state index in [0.29, 0.717) is 46.1 Å². The second-order valence-corrected chi connectivity index (χ2v) is 16.1. The van der Waals surface area contributed by atoms with E-state index in [1.165, 1.54) is 12.8 Å². The summed E-state index contributed by atoms with van der Waals surface area (Å²) >= 11 is 0. The summed E-state index contributed by atoms with van der Waals surface area (Å²) in [6, 6.07) is 0. The molecule has 2 fully saturated rings. The number of carbonyl (C=O) groups excluding carboxylic acids is 1. The largest absolute Gasteiger partial charge is 0.455 e. The third kappa shape index (κ3) is 10.2. The van der Waals surface area contributed by atoms with Crippen LogP contribution in [0.1, 0.15) is 124 Å². The minimum atomic E-state index is -0.162. The maximum Gasteiger partial charge on any atom is 0.334 e. The molecule has 3 aliphatic heterocycles. The Balaban J connectivity index is 0.000000264. The Morgan fingerprint density at radius 1 is 0.629 bits per heavy atom. The molecular weight excluding hydrogens is 436 g/mol. The highest BCUT2D eigenvalue weighted by molar-refractivity contribution is 5.92. The van der Waals surface area contributed by atoms with Gasteiger partial charge in [0.25, 0.3) is 0 Å². The predicted octanol–water partition coefficient (Wildman–Crippen LogP) is 8.38. The Morgan fingerprint density at radius 2 is 1.00 bits per heavy atom. The first-order chi connectivity index (χ1) is 15.3. The fourth-order valence-corrected chi connectivity index (χ4v) is 4.47. The van der Waals surface area contributed by atoms with E-state index in [1.807, 2.05) is 33.8 Å². The maximum absolute atomic E-state index is 11.1. The third-order valence-electron chi connectivity index (χ3n) is 6.87. The molecular formula is C31H58O4. The average Bonchev–Trinajstić information content (AvgIpc) is 3.14. The van der Waals surface area contributed by atoms with Crippen LogP contribution in [0, 0.1) is 27.1 Å². The van der Waals surface area contributed by atoms with Gasteiger partial charge in [-0.15, -0.1) is 0 Å². The van der Waals surface area contributed by atoms with E-state index in [2.05, 4.69) is 83.1 Å². The van der Waals surface area contributed by atoms with Crippen LogP contribution in [-0.2, 0) is 19.0 Å². The molecule has 0 aromatic rings. The number of rotatable bonds is 0. The van der Waals surface area contributed by atoms with Crippen molar-refractivity contribution in [2.24, 2.45) is 27.1 Å². The van der Waals surface area contributed by atoms with Crippen molar-refractivity contribution >= 4 is 5.97 Å². The van der Waals surface area contributed by atoms with E-state index >= 15 is 0 Å². The fourth-order valence-electron chi connectivity index (χ4n) is 4.47. The molecule has 2 saturated heterocycles. The first-order valence-corrected chi connectivity index (χ1v) is 13.6. The summed E-state index contributed by atoms with van der Waals surface area (Å²) in [6.45, 7) is 34.9. The predicted molar refractivity (Wildman–Crippen MR) is 147 cm³/mol. The van der Waals surface area contributed by atoms with Crippen LogP contribution in [0.3, 0.4) is 0 Å². The van der Waals surface area contributed by atoms with Crippen molar-refractivity contribution < 1.29 is 19.0 Å². The van der Waals surface area contributed by atoms with Crippen LogP contribution in [0.15, 0.2) is 11.6 Å². The van der Waals surface area contributed by atoms with Gasteiger partial charge in [-0.1, -0.05) is 104 Å². The lowest BCUT2D eigenvalue weighted by Gasteiger charge is -2.31. The van der Waals surface area contributed by atoms with Crippen LogP contribution in [0.25, 0.3) is 0 Å². The molecule has 5 atom stereocenters. The summed E-state index contributed by atoms with van der Waals surface area (Å²) < 4.78 is 16.7. The molecule has 0 bridgehead atoms. The van der Waals surface area contributed by atoms with Gasteiger partial charge >= 0.3 is 5.97 Å². The topological polar surface area (TPSA) is 48.1 Å². The molecule has 0 N–H and O–H groups in total. The molecule has 4 nitrogen and oxygen atoms in total. The molecule has 3 rings (SSSR count). The summed E-state index contributed by atoms with van der Waals surface area (Å²) in [5.74, 6) is -0.162. The Bertz CT molecular complexity index is 690. The number of epoxide rings is 1. The van der Waals surface area contributed by atoms with Crippen LogP contribution in [0.2, 0.25) is 0 Å². The zero-order valence-corrected chi connectivity index (χ0v) is 26.0. The Morgan fingerprint density at radius 3 is 1.14 bits per heavy atom. The highest BCUT2D eigenvalue weighted by Gasteiger charge is 2.52. The standard InChI is InChI=1S/C12H24O.C10H20O.C9H14O2/c1-11(2,3)9-7-8-10(13-9)12(4,5)6;1-9(2,3)7-8(11-7)10(4,5)6;1-6-5-7(8(10)11-6)9(2,3)4/h9-10H,7-8H2,1-6H3;7-8H,1-6H3;5-6H,1-4H3/t;;6-/m..0/s1. The van der Waals surface area contributed by atoms with Gasteiger partial charge in [0.1, 0.15) is 6.10 Å². The van der Waals surface area contributed by atoms with E-state index in [0.717, 1.165) is 5.57 Å². The van der Waals surface area contributed by atoms with E-state index in [1.54, 1.807) is 0 Å². The highest BCUT2D eigenvalue weighted by Crippen LogP contribution is 2.46. The van der Waals surface area contributed by atoms with Gasteiger partial charge in [-0.05, 0) is 52.9 Å². The second kappa shape index (κ2) is 10.9. The van der Waals surface area contributed by atoms with E-state index in [4.69, 9.17) is 14.2 Å². The molecule has 0 aliphatic carbocycles. The minimum absolute atomic E-state index is 0.0447. The molecule has 0 aromatic carbocycles. The second-order valence-electron chi connectivity index (χ2n) is 16.1. The van der Waals surface area contributed by atoms with Gasteiger partial charge in [0.15, 0.2) is 0 Å². The van der Waals surface area contributed by atoms with Gasteiger partial charge in [-0.3, -0.25) is 0 Å².